The maximum absolute atomic E-state index is 11.8. The van der Waals surface area contributed by atoms with Crippen molar-refractivity contribution in [2.24, 2.45) is 0 Å². The molecule has 1 rings (SSSR count). The molecule has 0 saturated carbocycles. The molecule has 0 aliphatic carbocycles. The van der Waals surface area contributed by atoms with Gasteiger partial charge in [0.1, 0.15) is 17.2 Å². The summed E-state index contributed by atoms with van der Waals surface area (Å²) in [6.45, 7) is -0.683. The van der Waals surface area contributed by atoms with Gasteiger partial charge < -0.3 is 9.84 Å². The van der Waals surface area contributed by atoms with Gasteiger partial charge in [0, 0.05) is 4.47 Å². The van der Waals surface area contributed by atoms with Crippen molar-refractivity contribution >= 4 is 31.9 Å². The minimum Gasteiger partial charge on any atom is -0.495 e. The van der Waals surface area contributed by atoms with E-state index in [1.807, 2.05) is 4.72 Å². The van der Waals surface area contributed by atoms with Gasteiger partial charge in [-0.1, -0.05) is 15.9 Å². The molecule has 6 nitrogen and oxygen atoms in total. The van der Waals surface area contributed by atoms with Gasteiger partial charge in [-0.25, -0.2) is 8.42 Å². The highest BCUT2D eigenvalue weighted by molar-refractivity contribution is 9.10. The van der Waals surface area contributed by atoms with Gasteiger partial charge in [0.15, 0.2) is 0 Å². The number of nitrogens with one attached hydrogen (secondary N) is 1. The number of carbonyl (C=O) groups is 1. The molecule has 1 aromatic carbocycles. The van der Waals surface area contributed by atoms with Crippen LogP contribution in [0.2, 0.25) is 0 Å². The average molecular weight is 324 g/mol. The predicted octanol–water partition coefficient (Wildman–Crippen LogP) is 0.821. The highest BCUT2D eigenvalue weighted by Gasteiger charge is 2.20. The molecule has 0 amide bonds. The molecule has 0 fully saturated rings. The molecular weight excluding hydrogens is 314 g/mol. The summed E-state index contributed by atoms with van der Waals surface area (Å²) in [6.07, 6.45) is 0. The Kier molecular flexibility index (Phi) is 4.49. The van der Waals surface area contributed by atoms with Crippen LogP contribution in [0.25, 0.3) is 0 Å². The molecule has 17 heavy (non-hydrogen) atoms. The third-order valence-electron chi connectivity index (χ3n) is 1.83. The topological polar surface area (TPSA) is 92.7 Å². The summed E-state index contributed by atoms with van der Waals surface area (Å²) in [5, 5.41) is 8.44. The normalized spacial score (nSPS) is 11.2. The number of hydrogen-bond acceptors (Lipinski definition) is 4. The lowest BCUT2D eigenvalue weighted by atomic mass is 10.3. The number of carboxylic acid groups (broad SMARTS) is 1. The van der Waals surface area contributed by atoms with Gasteiger partial charge in [-0.3, -0.25) is 4.79 Å². The van der Waals surface area contributed by atoms with Crippen LogP contribution in [0.3, 0.4) is 0 Å². The number of ether oxygens (including phenoxy) is 1. The SMILES string of the molecule is COc1ccc(Br)cc1S(=O)(=O)NCC(=O)O. The molecule has 0 spiro atoms. The third-order valence-corrected chi connectivity index (χ3v) is 3.74. The molecule has 1 aromatic rings. The van der Waals surface area contributed by atoms with E-state index in [4.69, 9.17) is 9.84 Å². The van der Waals surface area contributed by atoms with Crippen LogP contribution < -0.4 is 9.46 Å². The van der Waals surface area contributed by atoms with Crippen molar-refractivity contribution in [1.29, 1.82) is 0 Å². The summed E-state index contributed by atoms with van der Waals surface area (Å²) >= 11 is 3.13. The van der Waals surface area contributed by atoms with E-state index in [1.165, 1.54) is 19.2 Å². The Balaban J connectivity index is 3.13. The van der Waals surface area contributed by atoms with Crippen LogP contribution in [-0.2, 0) is 14.8 Å². The van der Waals surface area contributed by atoms with Crippen LogP contribution >= 0.6 is 15.9 Å². The second-order valence-electron chi connectivity index (χ2n) is 3.01. The van der Waals surface area contributed by atoms with Gasteiger partial charge in [0.2, 0.25) is 10.0 Å². The van der Waals surface area contributed by atoms with Gasteiger partial charge in [0.25, 0.3) is 0 Å². The predicted molar refractivity (Wildman–Crippen MR) is 63.5 cm³/mol. The first-order valence-corrected chi connectivity index (χ1v) is 6.69. The lowest BCUT2D eigenvalue weighted by molar-refractivity contribution is -0.135. The number of hydrogen-bond donors (Lipinski definition) is 2. The van der Waals surface area contributed by atoms with Crippen LogP contribution in [0.1, 0.15) is 0 Å². The third kappa shape index (κ3) is 3.69. The van der Waals surface area contributed by atoms with Crippen molar-refractivity contribution in [2.75, 3.05) is 13.7 Å². The number of aliphatic carboxylic acids is 1. The van der Waals surface area contributed by atoms with E-state index in [1.54, 1.807) is 6.07 Å². The molecule has 0 bridgehead atoms. The van der Waals surface area contributed by atoms with E-state index in [9.17, 15) is 13.2 Å². The number of carboxylic acids is 1. The van der Waals surface area contributed by atoms with Gasteiger partial charge in [-0.15, -0.1) is 0 Å². The molecule has 0 unspecified atom stereocenters. The van der Waals surface area contributed by atoms with Gasteiger partial charge in [-0.2, -0.15) is 4.72 Å². The standard InChI is InChI=1S/C9H10BrNO5S/c1-16-7-3-2-6(10)4-8(7)17(14,15)11-5-9(12)13/h2-4,11H,5H2,1H3,(H,12,13). The molecule has 0 saturated heterocycles. The molecule has 0 aliphatic rings. The molecule has 0 atom stereocenters. The number of rotatable bonds is 5. The lowest BCUT2D eigenvalue weighted by Gasteiger charge is -2.09. The van der Waals surface area contributed by atoms with Crippen LogP contribution in [0.4, 0.5) is 0 Å². The number of halogens is 1. The van der Waals surface area contributed by atoms with E-state index >= 15 is 0 Å². The van der Waals surface area contributed by atoms with Crippen molar-refractivity contribution < 1.29 is 23.1 Å². The Bertz CT molecular complexity index is 528. The molecule has 0 radical (unpaired) electrons. The quantitative estimate of drug-likeness (QED) is 0.836. The first-order valence-electron chi connectivity index (χ1n) is 4.42. The number of benzene rings is 1. The molecule has 0 heterocycles. The van der Waals surface area contributed by atoms with E-state index < -0.39 is 22.5 Å². The second kappa shape index (κ2) is 5.48. The van der Waals surface area contributed by atoms with Gasteiger partial charge in [0.05, 0.1) is 7.11 Å². The molecule has 94 valence electrons. The fourth-order valence-corrected chi connectivity index (χ4v) is 2.78. The first kappa shape index (κ1) is 13.9. The fourth-order valence-electron chi connectivity index (χ4n) is 1.10. The number of sulfonamides is 1. The van der Waals surface area contributed by atoms with Crippen LogP contribution in [0.5, 0.6) is 5.75 Å². The van der Waals surface area contributed by atoms with E-state index in [0.29, 0.717) is 4.47 Å². The summed E-state index contributed by atoms with van der Waals surface area (Å²) in [6, 6.07) is 4.43. The minimum atomic E-state index is -3.91. The van der Waals surface area contributed by atoms with E-state index in [0.717, 1.165) is 0 Å². The van der Waals surface area contributed by atoms with Gasteiger partial charge in [-0.05, 0) is 18.2 Å². The zero-order chi connectivity index (χ0) is 13.1. The van der Waals surface area contributed by atoms with Crippen molar-refractivity contribution in [3.05, 3.63) is 22.7 Å². The molecule has 2 N–H and O–H groups in total. The summed E-state index contributed by atoms with van der Waals surface area (Å²) in [5.41, 5.74) is 0. The Labute approximate surface area is 107 Å². The largest absolute Gasteiger partial charge is 0.495 e. The first-order chi connectivity index (χ1) is 7.86. The van der Waals surface area contributed by atoms with Crippen molar-refractivity contribution in [3.8, 4) is 5.75 Å². The fraction of sp³-hybridized carbons (Fsp3) is 0.222. The van der Waals surface area contributed by atoms with Gasteiger partial charge >= 0.3 is 5.97 Å². The Morgan fingerprint density at radius 3 is 2.71 bits per heavy atom. The second-order valence-corrected chi connectivity index (χ2v) is 5.66. The number of methoxy groups -OCH3 is 1. The van der Waals surface area contributed by atoms with Crippen molar-refractivity contribution in [2.45, 2.75) is 4.90 Å². The zero-order valence-corrected chi connectivity index (χ0v) is 11.2. The maximum atomic E-state index is 11.8. The molecule has 8 heteroatoms. The maximum Gasteiger partial charge on any atom is 0.318 e. The van der Waals surface area contributed by atoms with Crippen LogP contribution in [0, 0.1) is 0 Å². The monoisotopic (exact) mass is 323 g/mol. The Morgan fingerprint density at radius 2 is 2.18 bits per heavy atom. The molecule has 0 aliphatic heterocycles. The average Bonchev–Trinajstić information content (AvgIpc) is 2.26. The zero-order valence-electron chi connectivity index (χ0n) is 8.81. The summed E-state index contributed by atoms with van der Waals surface area (Å²) in [7, 11) is -2.57. The van der Waals surface area contributed by atoms with Crippen LogP contribution in [-0.4, -0.2) is 33.1 Å². The van der Waals surface area contributed by atoms with E-state index in [-0.39, 0.29) is 10.6 Å². The summed E-state index contributed by atoms with van der Waals surface area (Å²) < 4.78 is 31.0. The molecule has 0 aromatic heterocycles. The van der Waals surface area contributed by atoms with Crippen molar-refractivity contribution in [3.63, 3.8) is 0 Å². The smallest absolute Gasteiger partial charge is 0.318 e. The minimum absolute atomic E-state index is 0.115. The molecular formula is C9H10BrNO5S. The highest BCUT2D eigenvalue weighted by Crippen LogP contribution is 2.26. The summed E-state index contributed by atoms with van der Waals surface area (Å²) in [5.74, 6) is -1.12. The Morgan fingerprint density at radius 1 is 1.53 bits per heavy atom. The van der Waals surface area contributed by atoms with Crippen LogP contribution in [0.15, 0.2) is 27.6 Å². The lowest BCUT2D eigenvalue weighted by Crippen LogP contribution is -2.29. The summed E-state index contributed by atoms with van der Waals surface area (Å²) in [4.78, 5) is 10.2. The van der Waals surface area contributed by atoms with E-state index in [2.05, 4.69) is 15.9 Å². The Hall–Kier alpha value is -1.12. The van der Waals surface area contributed by atoms with Crippen molar-refractivity contribution in [1.82, 2.24) is 4.72 Å². The highest BCUT2D eigenvalue weighted by atomic mass is 79.9.